The van der Waals surface area contributed by atoms with Gasteiger partial charge in [-0.3, -0.25) is 5.32 Å². The number of amides is 1. The summed E-state index contributed by atoms with van der Waals surface area (Å²) in [6.45, 7) is 5.46. The quantitative estimate of drug-likeness (QED) is 0.713. The van der Waals surface area contributed by atoms with E-state index in [2.05, 4.69) is 10.3 Å². The number of anilines is 1. The summed E-state index contributed by atoms with van der Waals surface area (Å²) in [4.78, 5) is 16.2. The number of rotatable bonds is 2. The minimum atomic E-state index is -4.49. The number of ether oxygens (including phenoxy) is 2. The molecule has 0 saturated heterocycles. The molecule has 140 valence electrons. The normalized spacial score (nSPS) is 17.7. The van der Waals surface area contributed by atoms with Crippen molar-refractivity contribution in [2.45, 2.75) is 38.7 Å². The molecule has 1 aromatic carbocycles. The van der Waals surface area contributed by atoms with Crippen LogP contribution in [0.2, 0.25) is 0 Å². The molecule has 3 rings (SSSR count). The summed E-state index contributed by atoms with van der Waals surface area (Å²) in [5, 5.41) is 2.63. The van der Waals surface area contributed by atoms with Crippen LogP contribution in [0.1, 0.15) is 38.0 Å². The second-order valence-electron chi connectivity index (χ2n) is 6.74. The van der Waals surface area contributed by atoms with Gasteiger partial charge in [0.05, 0.1) is 22.4 Å². The molecule has 1 aromatic heterocycles. The fraction of sp³-hybridized carbons (Fsp3) is 0.412. The van der Waals surface area contributed by atoms with E-state index < -0.39 is 29.5 Å². The number of hydrogen-bond acceptors (Lipinski definition) is 5. The third kappa shape index (κ3) is 4.16. The third-order valence-corrected chi connectivity index (χ3v) is 4.37. The summed E-state index contributed by atoms with van der Waals surface area (Å²) in [5.74, 6) is 0. The zero-order valence-electron chi connectivity index (χ0n) is 14.3. The number of carbonyl (C=O) groups is 1. The van der Waals surface area contributed by atoms with Crippen molar-refractivity contribution in [3.8, 4) is 0 Å². The van der Waals surface area contributed by atoms with Crippen LogP contribution in [0, 0.1) is 0 Å². The molecule has 1 atom stereocenters. The number of alkyl halides is 3. The van der Waals surface area contributed by atoms with Gasteiger partial charge in [0, 0.05) is 5.56 Å². The number of carbonyl (C=O) groups excluding carboxylic acids is 1. The maximum atomic E-state index is 13.2. The minimum Gasteiger partial charge on any atom is -0.444 e. The predicted octanol–water partition coefficient (Wildman–Crippen LogP) is 5.29. The van der Waals surface area contributed by atoms with Crippen molar-refractivity contribution >= 4 is 32.8 Å². The summed E-state index contributed by atoms with van der Waals surface area (Å²) in [7, 11) is 0. The molecule has 0 fully saturated rings. The van der Waals surface area contributed by atoms with E-state index in [1.807, 2.05) is 0 Å². The minimum absolute atomic E-state index is 0.164. The summed E-state index contributed by atoms with van der Waals surface area (Å²) in [6.07, 6.45) is -2.38. The zero-order valence-corrected chi connectivity index (χ0v) is 15.1. The van der Waals surface area contributed by atoms with Gasteiger partial charge in [-0.05, 0) is 32.9 Å². The Morgan fingerprint density at radius 1 is 1.35 bits per heavy atom. The largest absolute Gasteiger partial charge is 0.444 e. The summed E-state index contributed by atoms with van der Waals surface area (Å²) in [5.41, 5.74) is -0.795. The summed E-state index contributed by atoms with van der Waals surface area (Å²) >= 11 is 0.952. The van der Waals surface area contributed by atoms with Gasteiger partial charge in [0.1, 0.15) is 11.7 Å². The Morgan fingerprint density at radius 3 is 2.65 bits per heavy atom. The van der Waals surface area contributed by atoms with Crippen molar-refractivity contribution < 1.29 is 27.4 Å². The summed E-state index contributed by atoms with van der Waals surface area (Å²) in [6, 6.07) is 2.06. The monoisotopic (exact) mass is 386 g/mol. The molecule has 1 amide bonds. The highest BCUT2D eigenvalue weighted by Crippen LogP contribution is 2.40. The molecule has 0 radical (unpaired) electrons. The van der Waals surface area contributed by atoms with Crippen LogP contribution in [0.4, 0.5) is 23.1 Å². The highest BCUT2D eigenvalue weighted by molar-refractivity contribution is 7.22. The molecule has 2 aromatic rings. The van der Waals surface area contributed by atoms with Crippen LogP contribution in [0.25, 0.3) is 10.2 Å². The molecule has 5 nitrogen and oxygen atoms in total. The highest BCUT2D eigenvalue weighted by Gasteiger charge is 2.33. The fourth-order valence-electron chi connectivity index (χ4n) is 2.47. The van der Waals surface area contributed by atoms with Gasteiger partial charge < -0.3 is 9.47 Å². The second-order valence-corrected chi connectivity index (χ2v) is 7.77. The van der Waals surface area contributed by atoms with Gasteiger partial charge >= 0.3 is 12.3 Å². The first-order chi connectivity index (χ1) is 12.0. The average molecular weight is 386 g/mol. The smallest absolute Gasteiger partial charge is 0.416 e. The van der Waals surface area contributed by atoms with Gasteiger partial charge in [-0.25, -0.2) is 9.78 Å². The topological polar surface area (TPSA) is 60.5 Å². The SMILES string of the molecule is CC(C)(C)OC(=O)Nc1nc2c(C3C=CCO3)cc(C(F)(F)F)cc2s1. The van der Waals surface area contributed by atoms with Gasteiger partial charge in [-0.1, -0.05) is 23.5 Å². The van der Waals surface area contributed by atoms with Crippen molar-refractivity contribution in [1.29, 1.82) is 0 Å². The number of nitrogens with zero attached hydrogens (tertiary/aromatic N) is 1. The first-order valence-corrected chi connectivity index (χ1v) is 8.64. The molecule has 2 heterocycles. The van der Waals surface area contributed by atoms with Gasteiger partial charge in [-0.15, -0.1) is 0 Å². The summed E-state index contributed by atoms with van der Waals surface area (Å²) < 4.78 is 50.6. The van der Waals surface area contributed by atoms with Crippen molar-refractivity contribution in [2.24, 2.45) is 0 Å². The molecule has 26 heavy (non-hydrogen) atoms. The number of nitrogens with one attached hydrogen (secondary N) is 1. The standard InChI is InChI=1S/C17H17F3N2O3S/c1-16(2,3)25-15(23)22-14-21-13-10(11-5-4-6-24-11)7-9(17(18,19)20)8-12(13)26-14/h4-5,7-8,11H,6H2,1-3H3,(H,21,22,23). The Kier molecular flexibility index (Phi) is 4.70. The molecule has 1 aliphatic rings. The third-order valence-electron chi connectivity index (χ3n) is 3.45. The van der Waals surface area contributed by atoms with E-state index >= 15 is 0 Å². The number of aromatic nitrogens is 1. The highest BCUT2D eigenvalue weighted by atomic mass is 32.1. The van der Waals surface area contributed by atoms with Crippen molar-refractivity contribution in [2.75, 3.05) is 11.9 Å². The van der Waals surface area contributed by atoms with Crippen LogP contribution in [-0.4, -0.2) is 23.3 Å². The Labute approximate surface area is 151 Å². The van der Waals surface area contributed by atoms with Gasteiger partial charge in [-0.2, -0.15) is 13.2 Å². The van der Waals surface area contributed by atoms with E-state index in [0.29, 0.717) is 22.4 Å². The molecule has 0 aliphatic carbocycles. The lowest BCUT2D eigenvalue weighted by Crippen LogP contribution is -2.27. The van der Waals surface area contributed by atoms with E-state index in [4.69, 9.17) is 9.47 Å². The number of benzene rings is 1. The lowest BCUT2D eigenvalue weighted by molar-refractivity contribution is -0.137. The lowest BCUT2D eigenvalue weighted by atomic mass is 10.0. The first kappa shape index (κ1) is 18.7. The maximum absolute atomic E-state index is 13.2. The molecule has 1 aliphatic heterocycles. The van der Waals surface area contributed by atoms with Crippen molar-refractivity contribution in [3.05, 3.63) is 35.4 Å². The van der Waals surface area contributed by atoms with Crippen LogP contribution in [-0.2, 0) is 15.7 Å². The zero-order chi connectivity index (χ0) is 19.1. The van der Waals surface area contributed by atoms with Crippen molar-refractivity contribution in [1.82, 2.24) is 4.98 Å². The van der Waals surface area contributed by atoms with Gasteiger partial charge in [0.2, 0.25) is 0 Å². The number of thiazole rings is 1. The fourth-order valence-corrected chi connectivity index (χ4v) is 3.39. The van der Waals surface area contributed by atoms with E-state index in [1.165, 1.54) is 0 Å². The van der Waals surface area contributed by atoms with Crippen LogP contribution in [0.5, 0.6) is 0 Å². The Balaban J connectivity index is 2.00. The van der Waals surface area contributed by atoms with E-state index in [9.17, 15) is 18.0 Å². The molecule has 1 N–H and O–H groups in total. The Morgan fingerprint density at radius 2 is 2.08 bits per heavy atom. The van der Waals surface area contributed by atoms with E-state index in [-0.39, 0.29) is 5.13 Å². The van der Waals surface area contributed by atoms with Gasteiger partial charge in [0.15, 0.2) is 5.13 Å². The lowest BCUT2D eigenvalue weighted by Gasteiger charge is -2.18. The van der Waals surface area contributed by atoms with Crippen LogP contribution < -0.4 is 5.32 Å². The van der Waals surface area contributed by atoms with Crippen LogP contribution >= 0.6 is 11.3 Å². The van der Waals surface area contributed by atoms with E-state index in [0.717, 1.165) is 23.5 Å². The van der Waals surface area contributed by atoms with Crippen LogP contribution in [0.3, 0.4) is 0 Å². The van der Waals surface area contributed by atoms with Gasteiger partial charge in [0.25, 0.3) is 0 Å². The molecule has 1 unspecified atom stereocenters. The number of fused-ring (bicyclic) bond motifs is 1. The molecular formula is C17H17F3N2O3S. The molecule has 0 bridgehead atoms. The Hall–Kier alpha value is -2.13. The van der Waals surface area contributed by atoms with E-state index in [1.54, 1.807) is 32.9 Å². The first-order valence-electron chi connectivity index (χ1n) is 7.83. The van der Waals surface area contributed by atoms with Crippen LogP contribution in [0.15, 0.2) is 24.3 Å². The predicted molar refractivity (Wildman–Crippen MR) is 92.3 cm³/mol. The number of hydrogen-bond donors (Lipinski definition) is 1. The molecule has 0 saturated carbocycles. The second kappa shape index (κ2) is 6.55. The molecule has 9 heteroatoms. The Bertz CT molecular complexity index is 868. The maximum Gasteiger partial charge on any atom is 0.416 e. The van der Waals surface area contributed by atoms with Crippen molar-refractivity contribution in [3.63, 3.8) is 0 Å². The average Bonchev–Trinajstić information content (AvgIpc) is 3.11. The molecular weight excluding hydrogens is 369 g/mol. The number of halogens is 3. The molecule has 0 spiro atoms.